The summed E-state index contributed by atoms with van der Waals surface area (Å²) in [6, 6.07) is 16.3. The van der Waals surface area contributed by atoms with Crippen LogP contribution in [0, 0.1) is 6.92 Å². The molecule has 0 aliphatic carbocycles. The number of aliphatic carboxylic acids is 1. The molecule has 7 rings (SSSR count). The fraction of sp³-hybridized carbons (Fsp3) is 0.432. The summed E-state index contributed by atoms with van der Waals surface area (Å²) in [5.41, 5.74) is 6.22. The minimum Gasteiger partial charge on any atom is -0.479 e. The lowest BCUT2D eigenvalue weighted by atomic mass is 9.90. The van der Waals surface area contributed by atoms with Crippen LogP contribution in [-0.4, -0.2) is 80.4 Å². The van der Waals surface area contributed by atoms with Gasteiger partial charge in [-0.2, -0.15) is 5.10 Å². The molecule has 2 N–H and O–H groups in total. The minimum absolute atomic E-state index is 0.0153. The number of benzene rings is 3. The van der Waals surface area contributed by atoms with Crippen molar-refractivity contribution >= 4 is 50.0 Å². The van der Waals surface area contributed by atoms with Gasteiger partial charge in [0.25, 0.3) is 0 Å². The Hall–Kier alpha value is -3.38. The molecule has 0 radical (unpaired) electrons. The number of fused-ring (bicyclic) bond motifs is 2. The number of thiazole rings is 1. The molecule has 5 aromatic rings. The van der Waals surface area contributed by atoms with Crippen LogP contribution in [-0.2, 0) is 20.8 Å². The van der Waals surface area contributed by atoms with E-state index < -0.39 is 17.7 Å². The van der Waals surface area contributed by atoms with E-state index in [0.29, 0.717) is 29.1 Å². The van der Waals surface area contributed by atoms with Crippen molar-refractivity contribution in [2.24, 2.45) is 0 Å². The first-order valence-corrected chi connectivity index (χ1v) is 17.7. The number of piperidine rings is 1. The Morgan fingerprint density at radius 1 is 1.10 bits per heavy atom. The first-order chi connectivity index (χ1) is 23.0. The zero-order chi connectivity index (χ0) is 33.7. The molecule has 2 fully saturated rings. The monoisotopic (exact) mass is 688 g/mol. The highest BCUT2D eigenvalue weighted by Gasteiger charge is 2.34. The van der Waals surface area contributed by atoms with E-state index in [1.54, 1.807) is 11.3 Å². The molecule has 4 heterocycles. The summed E-state index contributed by atoms with van der Waals surface area (Å²) < 4.78 is 14.4. The van der Waals surface area contributed by atoms with Crippen LogP contribution in [0.4, 0.5) is 0 Å². The molecule has 1 unspecified atom stereocenters. The van der Waals surface area contributed by atoms with Gasteiger partial charge in [0.05, 0.1) is 59.4 Å². The van der Waals surface area contributed by atoms with Gasteiger partial charge in [-0.15, -0.1) is 11.3 Å². The van der Waals surface area contributed by atoms with E-state index in [2.05, 4.69) is 23.1 Å². The predicted molar refractivity (Wildman–Crippen MR) is 190 cm³/mol. The van der Waals surface area contributed by atoms with Crippen LogP contribution in [0.1, 0.15) is 62.5 Å². The summed E-state index contributed by atoms with van der Waals surface area (Å²) in [6.45, 7) is 11.7. The molecule has 48 heavy (non-hydrogen) atoms. The van der Waals surface area contributed by atoms with Gasteiger partial charge < -0.3 is 19.7 Å². The van der Waals surface area contributed by atoms with E-state index in [-0.39, 0.29) is 6.61 Å². The maximum absolute atomic E-state index is 12.7. The largest absolute Gasteiger partial charge is 0.479 e. The smallest absolute Gasteiger partial charge is 0.337 e. The van der Waals surface area contributed by atoms with E-state index in [1.165, 1.54) is 0 Å². The van der Waals surface area contributed by atoms with E-state index in [4.69, 9.17) is 31.2 Å². The van der Waals surface area contributed by atoms with Gasteiger partial charge in [-0.3, -0.25) is 9.58 Å². The molecule has 11 heteroatoms. The number of nitrogens with zero attached hydrogens (tertiary/aromatic N) is 4. The number of likely N-dealkylation sites (tertiary alicyclic amines) is 1. The predicted octanol–water partition coefficient (Wildman–Crippen LogP) is 7.45. The molecule has 9 nitrogen and oxygen atoms in total. The summed E-state index contributed by atoms with van der Waals surface area (Å²) in [7, 11) is 0. The number of rotatable bonds is 9. The lowest BCUT2D eigenvalue weighted by Crippen LogP contribution is -2.51. The number of halogens is 1. The molecule has 2 aromatic heterocycles. The fourth-order valence-electron chi connectivity index (χ4n) is 7.04. The van der Waals surface area contributed by atoms with Gasteiger partial charge >= 0.3 is 5.97 Å². The third kappa shape index (κ3) is 6.37. The highest BCUT2D eigenvalue weighted by molar-refractivity contribution is 7.22. The summed E-state index contributed by atoms with van der Waals surface area (Å²) in [5, 5.41) is 27.8. The van der Waals surface area contributed by atoms with Crippen molar-refractivity contribution in [1.82, 2.24) is 19.7 Å². The summed E-state index contributed by atoms with van der Waals surface area (Å²) in [4.78, 5) is 20.4. The van der Waals surface area contributed by atoms with Crippen molar-refractivity contribution < 1.29 is 24.5 Å². The number of carboxylic acid groups (broad SMARTS) is 1. The second kappa shape index (κ2) is 13.2. The topological polar surface area (TPSA) is 110 Å². The second-order valence-electron chi connectivity index (χ2n) is 13.9. The highest BCUT2D eigenvalue weighted by atomic mass is 35.5. The van der Waals surface area contributed by atoms with E-state index in [1.807, 2.05) is 62.7 Å². The Balaban J connectivity index is 1.34. The molecule has 2 aliphatic heterocycles. The third-order valence-corrected chi connectivity index (χ3v) is 10.8. The first-order valence-electron chi connectivity index (χ1n) is 16.5. The van der Waals surface area contributed by atoms with Crippen LogP contribution in [0.3, 0.4) is 0 Å². The standard InChI is InChI=1S/C37H41ClN4O5S/c1-21-17-28-34(31(22-5-8-25(38)9-6-22)30(21)33(36(44)45)47-37(2,3)4)48-35(39-28)24-7-10-29-27(18-24)32(40-42(29)15-16-43)23-11-13-41(14-12-23)26-19-46-20-26/h5-10,17-18,23,26,33,43H,11-16,19-20H2,1-4H3,(H,44,45). The van der Waals surface area contributed by atoms with Crippen molar-refractivity contribution in [2.75, 3.05) is 32.9 Å². The molecular weight excluding hydrogens is 648 g/mol. The third-order valence-electron chi connectivity index (χ3n) is 9.41. The van der Waals surface area contributed by atoms with Crippen LogP contribution in [0.5, 0.6) is 0 Å². The molecule has 2 saturated heterocycles. The van der Waals surface area contributed by atoms with Gasteiger partial charge in [0, 0.05) is 33.0 Å². The number of aliphatic hydroxyl groups excluding tert-OH is 1. The maximum Gasteiger partial charge on any atom is 0.337 e. The Morgan fingerprint density at radius 3 is 2.44 bits per heavy atom. The summed E-state index contributed by atoms with van der Waals surface area (Å²) in [5.74, 6) is -0.718. The van der Waals surface area contributed by atoms with Gasteiger partial charge in [0.1, 0.15) is 5.01 Å². The van der Waals surface area contributed by atoms with Gasteiger partial charge in [-0.25, -0.2) is 9.78 Å². The normalized spacial score (nSPS) is 17.3. The first kappa shape index (κ1) is 33.1. The number of hydrogen-bond acceptors (Lipinski definition) is 8. The average Bonchev–Trinajstić information content (AvgIpc) is 3.60. The van der Waals surface area contributed by atoms with Crippen LogP contribution < -0.4 is 0 Å². The maximum atomic E-state index is 12.7. The van der Waals surface area contributed by atoms with Crippen molar-refractivity contribution in [3.8, 4) is 21.7 Å². The molecule has 2 aliphatic rings. The molecule has 252 valence electrons. The average molecular weight is 689 g/mol. The van der Waals surface area contributed by atoms with E-state index in [0.717, 1.165) is 93.2 Å². The van der Waals surface area contributed by atoms with Crippen LogP contribution in [0.2, 0.25) is 5.02 Å². The number of ether oxygens (including phenoxy) is 2. The molecule has 3 aromatic carbocycles. The Kier molecular flexibility index (Phi) is 9.08. The number of aromatic nitrogens is 3. The van der Waals surface area contributed by atoms with Crippen molar-refractivity contribution in [2.45, 2.75) is 70.7 Å². The molecule has 0 amide bonds. The minimum atomic E-state index is -1.18. The Labute approximate surface area is 289 Å². The fourth-order valence-corrected chi connectivity index (χ4v) is 8.29. The lowest BCUT2D eigenvalue weighted by molar-refractivity contribution is -0.160. The van der Waals surface area contributed by atoms with E-state index in [9.17, 15) is 15.0 Å². The quantitative estimate of drug-likeness (QED) is 0.164. The summed E-state index contributed by atoms with van der Waals surface area (Å²) in [6.07, 6.45) is 0.882. The van der Waals surface area contributed by atoms with Gasteiger partial charge in [0.2, 0.25) is 0 Å². The van der Waals surface area contributed by atoms with Crippen molar-refractivity contribution in [3.63, 3.8) is 0 Å². The number of carboxylic acids is 1. The zero-order valence-electron chi connectivity index (χ0n) is 27.7. The molecule has 0 saturated carbocycles. The molecule has 0 bridgehead atoms. The summed E-state index contributed by atoms with van der Waals surface area (Å²) >= 11 is 7.83. The van der Waals surface area contributed by atoms with Crippen LogP contribution in [0.15, 0.2) is 48.5 Å². The van der Waals surface area contributed by atoms with Crippen LogP contribution in [0.25, 0.3) is 42.8 Å². The Bertz CT molecular complexity index is 1970. The van der Waals surface area contributed by atoms with E-state index >= 15 is 0 Å². The van der Waals surface area contributed by atoms with Gasteiger partial charge in [-0.1, -0.05) is 23.7 Å². The van der Waals surface area contributed by atoms with Gasteiger partial charge in [-0.05, 0) is 101 Å². The van der Waals surface area contributed by atoms with Crippen molar-refractivity contribution in [1.29, 1.82) is 0 Å². The number of carbonyl (C=O) groups is 1. The SMILES string of the molecule is Cc1cc2nc(-c3ccc4c(c3)c(C3CCN(C5COC5)CC3)nn4CCO)sc2c(-c2ccc(Cl)cc2)c1C(OC(C)(C)C)C(=O)O. The zero-order valence-corrected chi connectivity index (χ0v) is 29.3. The second-order valence-corrected chi connectivity index (χ2v) is 15.3. The Morgan fingerprint density at radius 2 is 1.81 bits per heavy atom. The van der Waals surface area contributed by atoms with Crippen LogP contribution >= 0.6 is 22.9 Å². The lowest BCUT2D eigenvalue weighted by Gasteiger charge is -2.41. The highest BCUT2D eigenvalue weighted by Crippen LogP contribution is 2.45. The van der Waals surface area contributed by atoms with Gasteiger partial charge in [0.15, 0.2) is 6.10 Å². The van der Waals surface area contributed by atoms with Crippen molar-refractivity contribution in [3.05, 3.63) is 70.4 Å². The number of aliphatic hydroxyl groups is 1. The molecule has 0 spiro atoms. The number of aryl methyl sites for hydroxylation is 1. The molecule has 1 atom stereocenters. The molecular formula is C37H41ClN4O5S. The number of hydrogen-bond donors (Lipinski definition) is 2.